The van der Waals surface area contributed by atoms with Crippen LogP contribution in [0.15, 0.2) is 24.3 Å². The molecule has 0 unspecified atom stereocenters. The van der Waals surface area contributed by atoms with E-state index in [9.17, 15) is 0 Å². The largest absolute Gasteiger partial charge is 0.126 e. The van der Waals surface area contributed by atoms with Crippen LogP contribution in [0.3, 0.4) is 0 Å². The molecular weight excluding hydrogens is 167 g/mol. The number of allylic oxidation sites excluding steroid dienone is 4. The average molecular weight is 179 g/mol. The molecule has 2 heteroatoms. The van der Waals surface area contributed by atoms with Crippen LogP contribution in [0.4, 0.5) is 0 Å². The SMILES string of the molecule is ClCC/C=C\C=C\CCCl. The topological polar surface area (TPSA) is 0 Å². The maximum Gasteiger partial charge on any atom is 0.0258 e. The minimum absolute atomic E-state index is 0.694. The highest BCUT2D eigenvalue weighted by Crippen LogP contribution is 1.90. The van der Waals surface area contributed by atoms with Gasteiger partial charge in [-0.25, -0.2) is 0 Å². The van der Waals surface area contributed by atoms with E-state index in [1.54, 1.807) is 0 Å². The molecule has 0 aliphatic rings. The first-order valence-electron chi connectivity index (χ1n) is 3.35. The molecule has 0 amide bonds. The maximum atomic E-state index is 5.45. The van der Waals surface area contributed by atoms with Gasteiger partial charge in [0.25, 0.3) is 0 Å². The Morgan fingerprint density at radius 3 is 1.50 bits per heavy atom. The van der Waals surface area contributed by atoms with Gasteiger partial charge < -0.3 is 0 Å². The van der Waals surface area contributed by atoms with Crippen LogP contribution in [0.25, 0.3) is 0 Å². The van der Waals surface area contributed by atoms with Crippen molar-refractivity contribution >= 4 is 23.2 Å². The van der Waals surface area contributed by atoms with Crippen LogP contribution in [-0.4, -0.2) is 11.8 Å². The first-order chi connectivity index (χ1) is 4.91. The highest BCUT2D eigenvalue weighted by atomic mass is 35.5. The Kier molecular flexibility index (Phi) is 9.11. The van der Waals surface area contributed by atoms with Gasteiger partial charge in [-0.15, -0.1) is 23.2 Å². The molecule has 0 aliphatic heterocycles. The van der Waals surface area contributed by atoms with Crippen LogP contribution in [0, 0.1) is 0 Å². The van der Waals surface area contributed by atoms with Crippen LogP contribution < -0.4 is 0 Å². The number of hydrogen-bond acceptors (Lipinski definition) is 0. The van der Waals surface area contributed by atoms with Gasteiger partial charge in [0.1, 0.15) is 0 Å². The van der Waals surface area contributed by atoms with Crippen molar-refractivity contribution < 1.29 is 0 Å². The fourth-order valence-electron chi connectivity index (χ4n) is 0.476. The Bertz CT molecular complexity index is 91.8. The predicted octanol–water partition coefficient (Wildman–Crippen LogP) is 3.36. The van der Waals surface area contributed by atoms with Gasteiger partial charge in [0.15, 0.2) is 0 Å². The smallest absolute Gasteiger partial charge is 0.0258 e. The van der Waals surface area contributed by atoms with Crippen LogP contribution >= 0.6 is 23.2 Å². The zero-order valence-electron chi connectivity index (χ0n) is 5.89. The summed E-state index contributed by atoms with van der Waals surface area (Å²) in [4.78, 5) is 0. The number of alkyl halides is 2. The highest BCUT2D eigenvalue weighted by Gasteiger charge is 1.72. The van der Waals surface area contributed by atoms with Gasteiger partial charge in [0, 0.05) is 11.8 Å². The third-order valence-electron chi connectivity index (χ3n) is 0.935. The summed E-state index contributed by atoms with van der Waals surface area (Å²) >= 11 is 10.9. The van der Waals surface area contributed by atoms with Gasteiger partial charge in [0.05, 0.1) is 0 Å². The summed E-state index contributed by atoms with van der Waals surface area (Å²) in [5, 5.41) is 0. The Balaban J connectivity index is 3.15. The lowest BCUT2D eigenvalue weighted by Gasteiger charge is -1.80. The average Bonchev–Trinajstić information content (AvgIpc) is 1.97. The van der Waals surface area contributed by atoms with E-state index in [1.165, 1.54) is 0 Å². The van der Waals surface area contributed by atoms with Crippen LogP contribution in [0.1, 0.15) is 12.8 Å². The molecular formula is C8H12Cl2. The van der Waals surface area contributed by atoms with E-state index in [2.05, 4.69) is 0 Å². The Labute approximate surface area is 72.5 Å². The van der Waals surface area contributed by atoms with Crippen LogP contribution in [0.5, 0.6) is 0 Å². The van der Waals surface area contributed by atoms with Crippen molar-refractivity contribution in [3.05, 3.63) is 24.3 Å². The van der Waals surface area contributed by atoms with E-state index in [4.69, 9.17) is 23.2 Å². The molecule has 0 fully saturated rings. The Hall–Kier alpha value is 0.0600. The summed E-state index contributed by atoms with van der Waals surface area (Å²) in [6, 6.07) is 0. The fraction of sp³-hybridized carbons (Fsp3) is 0.500. The van der Waals surface area contributed by atoms with E-state index in [0.29, 0.717) is 11.8 Å². The molecule has 0 aromatic carbocycles. The number of halogens is 2. The lowest BCUT2D eigenvalue weighted by atomic mass is 10.3. The Morgan fingerprint density at radius 2 is 1.20 bits per heavy atom. The molecule has 58 valence electrons. The lowest BCUT2D eigenvalue weighted by Crippen LogP contribution is -1.66. The summed E-state index contributed by atoms with van der Waals surface area (Å²) in [6.45, 7) is 0. The molecule has 0 saturated heterocycles. The third-order valence-corrected chi connectivity index (χ3v) is 1.37. The highest BCUT2D eigenvalue weighted by molar-refractivity contribution is 6.18. The summed E-state index contributed by atoms with van der Waals surface area (Å²) in [7, 11) is 0. The van der Waals surface area contributed by atoms with Crippen LogP contribution in [-0.2, 0) is 0 Å². The molecule has 0 bridgehead atoms. The second-order valence-electron chi connectivity index (χ2n) is 1.81. The first kappa shape index (κ1) is 10.1. The summed E-state index contributed by atoms with van der Waals surface area (Å²) in [5.74, 6) is 1.39. The molecule has 0 heterocycles. The van der Waals surface area contributed by atoms with E-state index in [1.807, 2.05) is 24.3 Å². The van der Waals surface area contributed by atoms with E-state index >= 15 is 0 Å². The van der Waals surface area contributed by atoms with Crippen molar-refractivity contribution in [2.24, 2.45) is 0 Å². The monoisotopic (exact) mass is 178 g/mol. The zero-order chi connectivity index (χ0) is 7.66. The molecule has 0 saturated carbocycles. The molecule has 0 aromatic rings. The van der Waals surface area contributed by atoms with Gasteiger partial charge in [-0.3, -0.25) is 0 Å². The number of rotatable bonds is 5. The molecule has 0 aromatic heterocycles. The van der Waals surface area contributed by atoms with Crippen molar-refractivity contribution in [1.82, 2.24) is 0 Å². The van der Waals surface area contributed by atoms with E-state index < -0.39 is 0 Å². The third kappa shape index (κ3) is 8.06. The van der Waals surface area contributed by atoms with Gasteiger partial charge in [-0.1, -0.05) is 24.3 Å². The standard InChI is InChI=1S/C8H12Cl2/c9-7-5-3-1-2-4-6-8-10/h1-4H,5-8H2/b3-1-,4-2+. The van der Waals surface area contributed by atoms with Gasteiger partial charge in [-0.2, -0.15) is 0 Å². The molecule has 10 heavy (non-hydrogen) atoms. The van der Waals surface area contributed by atoms with Crippen LogP contribution in [0.2, 0.25) is 0 Å². The normalized spacial score (nSPS) is 11.8. The molecule has 0 spiro atoms. The molecule has 0 aliphatic carbocycles. The maximum absolute atomic E-state index is 5.45. The number of hydrogen-bond donors (Lipinski definition) is 0. The zero-order valence-corrected chi connectivity index (χ0v) is 7.41. The van der Waals surface area contributed by atoms with Gasteiger partial charge >= 0.3 is 0 Å². The summed E-state index contributed by atoms with van der Waals surface area (Å²) < 4.78 is 0. The van der Waals surface area contributed by atoms with E-state index in [0.717, 1.165) is 12.8 Å². The minimum atomic E-state index is 0.694. The molecule has 0 N–H and O–H groups in total. The predicted molar refractivity (Wildman–Crippen MR) is 49.0 cm³/mol. The van der Waals surface area contributed by atoms with Crippen molar-refractivity contribution in [3.63, 3.8) is 0 Å². The quantitative estimate of drug-likeness (QED) is 0.448. The molecule has 0 radical (unpaired) electrons. The fourth-order valence-corrected chi connectivity index (χ4v) is 0.728. The second kappa shape index (κ2) is 9.06. The van der Waals surface area contributed by atoms with Crippen molar-refractivity contribution in [2.45, 2.75) is 12.8 Å². The van der Waals surface area contributed by atoms with Gasteiger partial charge in [0.2, 0.25) is 0 Å². The summed E-state index contributed by atoms with van der Waals surface area (Å²) in [5.41, 5.74) is 0. The second-order valence-corrected chi connectivity index (χ2v) is 2.57. The minimum Gasteiger partial charge on any atom is -0.126 e. The molecule has 0 rings (SSSR count). The van der Waals surface area contributed by atoms with E-state index in [-0.39, 0.29) is 0 Å². The van der Waals surface area contributed by atoms with Crippen molar-refractivity contribution in [3.8, 4) is 0 Å². The van der Waals surface area contributed by atoms with Crippen molar-refractivity contribution in [2.75, 3.05) is 11.8 Å². The van der Waals surface area contributed by atoms with Crippen molar-refractivity contribution in [1.29, 1.82) is 0 Å². The first-order valence-corrected chi connectivity index (χ1v) is 4.42. The Morgan fingerprint density at radius 1 is 0.800 bits per heavy atom. The lowest BCUT2D eigenvalue weighted by molar-refractivity contribution is 1.22. The molecule has 0 atom stereocenters. The molecule has 0 nitrogen and oxygen atoms in total. The van der Waals surface area contributed by atoms with Gasteiger partial charge in [-0.05, 0) is 12.8 Å². The summed E-state index contributed by atoms with van der Waals surface area (Å²) in [6.07, 6.45) is 9.94.